The molecule has 0 bridgehead atoms. The molecule has 2 amide bonds. The molecule has 1 fully saturated rings. The summed E-state index contributed by atoms with van der Waals surface area (Å²) in [5.41, 5.74) is -0.0139. The highest BCUT2D eigenvalue weighted by Crippen LogP contribution is 2.26. The minimum absolute atomic E-state index is 0.0139. The number of nitrogens with zero attached hydrogens (tertiary/aromatic N) is 2. The average Bonchev–Trinajstić information content (AvgIpc) is 2.01. The van der Waals surface area contributed by atoms with E-state index in [2.05, 4.69) is 27.7 Å². The van der Waals surface area contributed by atoms with Crippen molar-refractivity contribution in [3.8, 4) is 0 Å². The van der Waals surface area contributed by atoms with Crippen molar-refractivity contribution in [1.29, 1.82) is 0 Å². The number of hydrogen-bond donors (Lipinski definition) is 0. The third-order valence-electron chi connectivity index (χ3n) is 2.33. The lowest BCUT2D eigenvalue weighted by Crippen LogP contribution is -2.46. The minimum Gasteiger partial charge on any atom is -0.325 e. The number of rotatable bonds is 1. The Morgan fingerprint density at radius 2 is 1.92 bits per heavy atom. The van der Waals surface area contributed by atoms with E-state index in [-0.39, 0.29) is 17.6 Å². The second-order valence-corrected chi connectivity index (χ2v) is 4.41. The molecule has 3 nitrogen and oxygen atoms in total. The van der Waals surface area contributed by atoms with Gasteiger partial charge in [0.1, 0.15) is 0 Å². The molecule has 0 spiro atoms. The number of urea groups is 1. The largest absolute Gasteiger partial charge is 0.325 e. The maximum Gasteiger partial charge on any atom is 0.320 e. The fourth-order valence-corrected chi connectivity index (χ4v) is 2.09. The maximum absolute atomic E-state index is 11.6. The van der Waals surface area contributed by atoms with Crippen LogP contribution in [0, 0.1) is 0 Å². The molecule has 3 heteroatoms. The van der Waals surface area contributed by atoms with Gasteiger partial charge < -0.3 is 9.80 Å². The zero-order chi connectivity index (χ0) is 9.52. The number of likely N-dealkylation sites (N-methyl/N-ethyl adjacent to an activating group) is 1. The molecule has 1 aliphatic rings. The molecule has 12 heavy (non-hydrogen) atoms. The summed E-state index contributed by atoms with van der Waals surface area (Å²) in [5.74, 6) is 0. The van der Waals surface area contributed by atoms with Crippen LogP contribution < -0.4 is 0 Å². The first kappa shape index (κ1) is 9.36. The highest BCUT2D eigenvalue weighted by atomic mass is 16.2. The van der Waals surface area contributed by atoms with Crippen LogP contribution in [-0.4, -0.2) is 41.0 Å². The molecule has 0 radical (unpaired) electrons. The minimum atomic E-state index is -0.0139. The summed E-state index contributed by atoms with van der Waals surface area (Å²) in [4.78, 5) is 15.3. The van der Waals surface area contributed by atoms with Gasteiger partial charge in [-0.2, -0.15) is 0 Å². The van der Waals surface area contributed by atoms with Crippen molar-refractivity contribution in [1.82, 2.24) is 9.80 Å². The summed E-state index contributed by atoms with van der Waals surface area (Å²) in [7, 11) is 1.85. The van der Waals surface area contributed by atoms with Crippen LogP contribution in [0.25, 0.3) is 0 Å². The summed E-state index contributed by atoms with van der Waals surface area (Å²) < 4.78 is 0. The van der Waals surface area contributed by atoms with Crippen LogP contribution in [0.2, 0.25) is 0 Å². The van der Waals surface area contributed by atoms with Gasteiger partial charge in [-0.15, -0.1) is 0 Å². The van der Waals surface area contributed by atoms with Crippen molar-refractivity contribution in [3.63, 3.8) is 0 Å². The van der Waals surface area contributed by atoms with Gasteiger partial charge in [0.15, 0.2) is 0 Å². The van der Waals surface area contributed by atoms with Crippen molar-refractivity contribution in [2.75, 3.05) is 13.6 Å². The highest BCUT2D eigenvalue weighted by Gasteiger charge is 2.42. The number of amides is 2. The van der Waals surface area contributed by atoms with Crippen LogP contribution in [0.5, 0.6) is 0 Å². The van der Waals surface area contributed by atoms with Crippen molar-refractivity contribution in [2.24, 2.45) is 0 Å². The lowest BCUT2D eigenvalue weighted by molar-refractivity contribution is 0.150. The van der Waals surface area contributed by atoms with Crippen molar-refractivity contribution < 1.29 is 4.79 Å². The Morgan fingerprint density at radius 3 is 2.08 bits per heavy atom. The molecule has 0 aromatic heterocycles. The Morgan fingerprint density at radius 1 is 1.42 bits per heavy atom. The fourth-order valence-electron chi connectivity index (χ4n) is 2.09. The van der Waals surface area contributed by atoms with Gasteiger partial charge in [-0.1, -0.05) is 0 Å². The third kappa shape index (κ3) is 1.28. The van der Waals surface area contributed by atoms with Crippen molar-refractivity contribution in [2.45, 2.75) is 39.3 Å². The molecule has 0 N–H and O–H groups in total. The van der Waals surface area contributed by atoms with E-state index in [1.165, 1.54) is 0 Å². The topological polar surface area (TPSA) is 23.6 Å². The van der Waals surface area contributed by atoms with Crippen LogP contribution >= 0.6 is 0 Å². The molecule has 0 aliphatic carbocycles. The maximum atomic E-state index is 11.6. The SMILES string of the molecule is CC(C)N1C(=O)N(C)CC1(C)C. The van der Waals surface area contributed by atoms with Crippen molar-refractivity contribution in [3.05, 3.63) is 0 Å². The Balaban J connectivity index is 2.89. The standard InChI is InChI=1S/C9H18N2O/c1-7(2)11-8(12)10(5)6-9(11,3)4/h7H,6H2,1-5H3. The first-order chi connectivity index (χ1) is 5.36. The second kappa shape index (κ2) is 2.64. The van der Waals surface area contributed by atoms with Crippen LogP contribution in [0.1, 0.15) is 27.7 Å². The van der Waals surface area contributed by atoms with Gasteiger partial charge in [-0.25, -0.2) is 4.79 Å². The Hall–Kier alpha value is -0.730. The number of carbonyl (C=O) groups is 1. The predicted octanol–water partition coefficient (Wildman–Crippen LogP) is 1.54. The van der Waals surface area contributed by atoms with E-state index in [1.54, 1.807) is 4.90 Å². The fraction of sp³-hybridized carbons (Fsp3) is 0.889. The quantitative estimate of drug-likeness (QED) is 0.585. The van der Waals surface area contributed by atoms with Gasteiger partial charge in [-0.3, -0.25) is 0 Å². The summed E-state index contributed by atoms with van der Waals surface area (Å²) in [6.45, 7) is 9.14. The monoisotopic (exact) mass is 170 g/mol. The van der Waals surface area contributed by atoms with E-state index in [9.17, 15) is 4.79 Å². The van der Waals surface area contributed by atoms with Gasteiger partial charge in [0.2, 0.25) is 0 Å². The summed E-state index contributed by atoms with van der Waals surface area (Å²) in [6, 6.07) is 0.437. The third-order valence-corrected chi connectivity index (χ3v) is 2.33. The van der Waals surface area contributed by atoms with E-state index >= 15 is 0 Å². The molecule has 0 aromatic rings. The van der Waals surface area contributed by atoms with E-state index in [1.807, 2.05) is 11.9 Å². The van der Waals surface area contributed by atoms with Gasteiger partial charge >= 0.3 is 6.03 Å². The zero-order valence-electron chi connectivity index (χ0n) is 8.59. The zero-order valence-corrected chi connectivity index (χ0v) is 8.59. The van der Waals surface area contributed by atoms with Crippen molar-refractivity contribution >= 4 is 6.03 Å². The van der Waals surface area contributed by atoms with E-state index < -0.39 is 0 Å². The average molecular weight is 170 g/mol. The van der Waals surface area contributed by atoms with Crippen LogP contribution in [0.3, 0.4) is 0 Å². The summed E-state index contributed by atoms with van der Waals surface area (Å²) >= 11 is 0. The number of hydrogen-bond acceptors (Lipinski definition) is 1. The van der Waals surface area contributed by atoms with Gasteiger partial charge in [0, 0.05) is 19.6 Å². The first-order valence-electron chi connectivity index (χ1n) is 4.40. The molecule has 1 rings (SSSR count). The lowest BCUT2D eigenvalue weighted by atomic mass is 10.0. The Labute approximate surface area is 74.3 Å². The van der Waals surface area contributed by atoms with Crippen LogP contribution in [-0.2, 0) is 0 Å². The van der Waals surface area contributed by atoms with Crippen LogP contribution in [0.15, 0.2) is 0 Å². The van der Waals surface area contributed by atoms with E-state index in [4.69, 9.17) is 0 Å². The number of carbonyl (C=O) groups excluding carboxylic acids is 1. The molecule has 70 valence electrons. The van der Waals surface area contributed by atoms with Gasteiger partial charge in [0.05, 0.1) is 5.54 Å². The predicted molar refractivity (Wildman–Crippen MR) is 49.1 cm³/mol. The summed E-state index contributed by atoms with van der Waals surface area (Å²) in [5, 5.41) is 0. The van der Waals surface area contributed by atoms with Crippen LogP contribution in [0.4, 0.5) is 4.79 Å². The molecular formula is C9H18N2O. The van der Waals surface area contributed by atoms with E-state index in [0.717, 1.165) is 6.54 Å². The first-order valence-corrected chi connectivity index (χ1v) is 4.40. The van der Waals surface area contributed by atoms with Gasteiger partial charge in [-0.05, 0) is 27.7 Å². The molecule has 0 unspecified atom stereocenters. The lowest BCUT2D eigenvalue weighted by Gasteiger charge is -2.33. The molecule has 0 aromatic carbocycles. The summed E-state index contributed by atoms with van der Waals surface area (Å²) in [6.07, 6.45) is 0. The molecular weight excluding hydrogens is 152 g/mol. The smallest absolute Gasteiger partial charge is 0.320 e. The Bertz CT molecular complexity index is 199. The van der Waals surface area contributed by atoms with Gasteiger partial charge in [0.25, 0.3) is 0 Å². The molecule has 0 atom stereocenters. The Kier molecular flexibility index (Phi) is 2.06. The molecule has 1 saturated heterocycles. The molecule has 1 heterocycles. The molecule has 1 aliphatic heterocycles. The second-order valence-electron chi connectivity index (χ2n) is 4.41. The normalized spacial score (nSPS) is 22.7. The molecule has 0 saturated carbocycles. The highest BCUT2D eigenvalue weighted by molar-refractivity contribution is 5.78. The van der Waals surface area contributed by atoms with E-state index in [0.29, 0.717) is 0 Å².